The van der Waals surface area contributed by atoms with E-state index in [1.54, 1.807) is 29.2 Å². The Hall–Kier alpha value is -2.35. The summed E-state index contributed by atoms with van der Waals surface area (Å²) in [5.41, 5.74) is 1.04. The molecule has 0 aromatic heterocycles. The van der Waals surface area contributed by atoms with Crippen molar-refractivity contribution in [2.45, 2.75) is 33.6 Å². The van der Waals surface area contributed by atoms with Crippen molar-refractivity contribution in [2.75, 3.05) is 24.5 Å². The van der Waals surface area contributed by atoms with Gasteiger partial charge in [0.1, 0.15) is 6.54 Å². The summed E-state index contributed by atoms with van der Waals surface area (Å²) in [4.78, 5) is 27.5. The van der Waals surface area contributed by atoms with Crippen LogP contribution < -0.4 is 4.90 Å². The van der Waals surface area contributed by atoms with Gasteiger partial charge in [0.15, 0.2) is 0 Å². The summed E-state index contributed by atoms with van der Waals surface area (Å²) in [6.45, 7) is 6.86. The van der Waals surface area contributed by atoms with Gasteiger partial charge >= 0.3 is 0 Å². The van der Waals surface area contributed by atoms with E-state index in [4.69, 9.17) is 5.26 Å². The van der Waals surface area contributed by atoms with Crippen molar-refractivity contribution in [1.29, 1.82) is 5.26 Å². The quantitative estimate of drug-likeness (QED) is 0.777. The van der Waals surface area contributed by atoms with Crippen molar-refractivity contribution in [2.24, 2.45) is 0 Å². The van der Waals surface area contributed by atoms with E-state index < -0.39 is 0 Å². The minimum Gasteiger partial charge on any atom is -0.341 e. The van der Waals surface area contributed by atoms with E-state index in [1.807, 2.05) is 19.9 Å². The normalized spacial score (nSPS) is 9.91. The fraction of sp³-hybridized carbons (Fsp3) is 0.471. The molecule has 0 aliphatic carbocycles. The van der Waals surface area contributed by atoms with Crippen molar-refractivity contribution >= 4 is 17.5 Å². The number of nitriles is 1. The van der Waals surface area contributed by atoms with Gasteiger partial charge in [0.2, 0.25) is 11.8 Å². The van der Waals surface area contributed by atoms with Crippen LogP contribution in [0.25, 0.3) is 0 Å². The number of nitrogens with zero attached hydrogens (tertiary/aromatic N) is 3. The lowest BCUT2D eigenvalue weighted by molar-refractivity contribution is -0.131. The fourth-order valence-electron chi connectivity index (χ4n) is 2.26. The molecule has 22 heavy (non-hydrogen) atoms. The standard InChI is InChI=1S/C17H23N3O2/c1-4-9-19(10-5-2)17(22)13-20(14(3)21)16-8-6-7-15(11-16)12-18/h6-8,11H,4-5,9-10,13H2,1-3H3. The zero-order chi connectivity index (χ0) is 16.5. The van der Waals surface area contributed by atoms with Crippen molar-refractivity contribution in [3.05, 3.63) is 29.8 Å². The maximum absolute atomic E-state index is 12.4. The number of amides is 2. The molecule has 0 spiro atoms. The minimum atomic E-state index is -0.212. The molecule has 1 rings (SSSR count). The molecule has 1 aromatic rings. The van der Waals surface area contributed by atoms with Gasteiger partial charge in [0.05, 0.1) is 11.6 Å². The fourth-order valence-corrected chi connectivity index (χ4v) is 2.26. The van der Waals surface area contributed by atoms with Crippen LogP contribution in [0, 0.1) is 11.3 Å². The molecule has 0 bridgehead atoms. The third kappa shape index (κ3) is 4.88. The summed E-state index contributed by atoms with van der Waals surface area (Å²) >= 11 is 0. The lowest BCUT2D eigenvalue weighted by atomic mass is 10.2. The Labute approximate surface area is 132 Å². The monoisotopic (exact) mass is 301 g/mol. The molecule has 0 aliphatic heterocycles. The van der Waals surface area contributed by atoms with Crippen LogP contribution in [-0.4, -0.2) is 36.3 Å². The first kappa shape index (κ1) is 17.7. The Morgan fingerprint density at radius 3 is 2.32 bits per heavy atom. The van der Waals surface area contributed by atoms with E-state index in [2.05, 4.69) is 0 Å². The van der Waals surface area contributed by atoms with Crippen molar-refractivity contribution in [3.63, 3.8) is 0 Å². The Kier molecular flexibility index (Phi) is 7.11. The second kappa shape index (κ2) is 8.83. The van der Waals surface area contributed by atoms with E-state index in [9.17, 15) is 9.59 Å². The summed E-state index contributed by atoms with van der Waals surface area (Å²) in [6, 6.07) is 8.79. The summed E-state index contributed by atoms with van der Waals surface area (Å²) < 4.78 is 0. The molecular formula is C17H23N3O2. The highest BCUT2D eigenvalue weighted by atomic mass is 16.2. The molecule has 1 aromatic carbocycles. The van der Waals surface area contributed by atoms with E-state index in [0.717, 1.165) is 12.8 Å². The highest BCUT2D eigenvalue weighted by molar-refractivity contribution is 5.97. The smallest absolute Gasteiger partial charge is 0.242 e. The number of hydrogen-bond acceptors (Lipinski definition) is 3. The summed E-state index contributed by atoms with van der Waals surface area (Å²) in [5.74, 6) is -0.280. The molecule has 5 nitrogen and oxygen atoms in total. The van der Waals surface area contributed by atoms with Crippen molar-refractivity contribution in [1.82, 2.24) is 4.90 Å². The first-order valence-corrected chi connectivity index (χ1v) is 7.59. The van der Waals surface area contributed by atoms with Crippen LogP contribution in [0.1, 0.15) is 39.2 Å². The second-order valence-electron chi connectivity index (χ2n) is 5.15. The van der Waals surface area contributed by atoms with Crippen LogP contribution in [0.15, 0.2) is 24.3 Å². The number of benzene rings is 1. The number of rotatable bonds is 7. The predicted octanol–water partition coefficient (Wildman–Crippen LogP) is 2.56. The van der Waals surface area contributed by atoms with E-state index in [-0.39, 0.29) is 18.4 Å². The van der Waals surface area contributed by atoms with Crippen LogP contribution in [0.4, 0.5) is 5.69 Å². The molecule has 2 amide bonds. The topological polar surface area (TPSA) is 64.4 Å². The van der Waals surface area contributed by atoms with Crippen molar-refractivity contribution < 1.29 is 9.59 Å². The largest absolute Gasteiger partial charge is 0.341 e. The predicted molar refractivity (Wildman–Crippen MR) is 86.3 cm³/mol. The Balaban J connectivity index is 2.94. The zero-order valence-electron chi connectivity index (χ0n) is 13.5. The maximum Gasteiger partial charge on any atom is 0.242 e. The molecule has 0 fully saturated rings. The molecule has 0 saturated heterocycles. The van der Waals surface area contributed by atoms with E-state index >= 15 is 0 Å². The molecular weight excluding hydrogens is 278 g/mol. The maximum atomic E-state index is 12.4. The molecule has 118 valence electrons. The summed E-state index contributed by atoms with van der Waals surface area (Å²) in [6.07, 6.45) is 1.77. The molecule has 5 heteroatoms. The van der Waals surface area contributed by atoms with Gasteiger partial charge in [-0.3, -0.25) is 9.59 Å². The van der Waals surface area contributed by atoms with Gasteiger partial charge in [-0.25, -0.2) is 0 Å². The molecule has 0 saturated carbocycles. The van der Waals surface area contributed by atoms with Gasteiger partial charge in [-0.1, -0.05) is 19.9 Å². The third-order valence-electron chi connectivity index (χ3n) is 3.30. The SMILES string of the molecule is CCCN(CCC)C(=O)CN(C(C)=O)c1cccc(C#N)c1. The highest BCUT2D eigenvalue weighted by Gasteiger charge is 2.19. The number of anilines is 1. The lowest BCUT2D eigenvalue weighted by Crippen LogP contribution is -2.43. The van der Waals surface area contributed by atoms with Gasteiger partial charge in [-0.05, 0) is 31.0 Å². The molecule has 0 heterocycles. The Morgan fingerprint density at radius 1 is 1.18 bits per heavy atom. The number of hydrogen-bond donors (Lipinski definition) is 0. The van der Waals surface area contributed by atoms with E-state index in [1.165, 1.54) is 11.8 Å². The average molecular weight is 301 g/mol. The van der Waals surface area contributed by atoms with Crippen LogP contribution in [0.3, 0.4) is 0 Å². The molecule has 0 atom stereocenters. The first-order chi connectivity index (χ1) is 10.5. The van der Waals surface area contributed by atoms with Crippen LogP contribution in [0.2, 0.25) is 0 Å². The summed E-state index contributed by atoms with van der Waals surface area (Å²) in [5, 5.41) is 8.96. The number of carbonyl (C=O) groups is 2. The van der Waals surface area contributed by atoms with E-state index in [0.29, 0.717) is 24.3 Å². The van der Waals surface area contributed by atoms with Gasteiger partial charge in [0.25, 0.3) is 0 Å². The number of carbonyl (C=O) groups excluding carboxylic acids is 2. The van der Waals surface area contributed by atoms with Gasteiger partial charge in [-0.2, -0.15) is 5.26 Å². The first-order valence-electron chi connectivity index (χ1n) is 7.59. The Morgan fingerprint density at radius 2 is 1.82 bits per heavy atom. The Bertz CT molecular complexity index is 557. The third-order valence-corrected chi connectivity index (χ3v) is 3.30. The molecule has 0 N–H and O–H groups in total. The molecule has 0 unspecified atom stereocenters. The molecule has 0 radical (unpaired) electrons. The average Bonchev–Trinajstić information content (AvgIpc) is 2.51. The van der Waals surface area contributed by atoms with Gasteiger partial charge in [-0.15, -0.1) is 0 Å². The van der Waals surface area contributed by atoms with Gasteiger partial charge in [0, 0.05) is 25.7 Å². The van der Waals surface area contributed by atoms with Gasteiger partial charge < -0.3 is 9.80 Å². The minimum absolute atomic E-state index is 0.00418. The second-order valence-corrected chi connectivity index (χ2v) is 5.15. The van der Waals surface area contributed by atoms with Crippen LogP contribution in [-0.2, 0) is 9.59 Å². The molecule has 0 aliphatic rings. The summed E-state index contributed by atoms with van der Waals surface area (Å²) in [7, 11) is 0. The van der Waals surface area contributed by atoms with Crippen molar-refractivity contribution in [3.8, 4) is 6.07 Å². The zero-order valence-corrected chi connectivity index (χ0v) is 13.5. The van der Waals surface area contributed by atoms with Crippen LogP contribution in [0.5, 0.6) is 0 Å². The van der Waals surface area contributed by atoms with Crippen LogP contribution >= 0.6 is 0 Å². The lowest BCUT2D eigenvalue weighted by Gasteiger charge is -2.26. The highest BCUT2D eigenvalue weighted by Crippen LogP contribution is 2.16.